The van der Waals surface area contributed by atoms with Crippen molar-refractivity contribution < 1.29 is 124 Å². The summed E-state index contributed by atoms with van der Waals surface area (Å²) in [6.45, 7) is 11.2. The zero-order valence-corrected chi connectivity index (χ0v) is 59.0. The van der Waals surface area contributed by atoms with Crippen LogP contribution < -0.4 is 9.47 Å². The Balaban J connectivity index is 0.000000231. The molecule has 9 aromatic rings. The topological polar surface area (TPSA) is 315 Å². The number of methoxy groups -OCH3 is 2. The van der Waals surface area contributed by atoms with E-state index >= 15 is 0 Å². The quantitative estimate of drug-likeness (QED) is 0.0159. The minimum absolute atomic E-state index is 0.0151. The second-order valence-corrected chi connectivity index (χ2v) is 24.0. The first kappa shape index (κ1) is 83.4. The van der Waals surface area contributed by atoms with Gasteiger partial charge in [-0.3, -0.25) is 18.6 Å². The van der Waals surface area contributed by atoms with Gasteiger partial charge >= 0.3 is 36.4 Å². The molecule has 0 aliphatic rings. The van der Waals surface area contributed by atoms with E-state index < -0.39 is 57.9 Å². The van der Waals surface area contributed by atoms with Crippen molar-refractivity contribution in [2.45, 2.75) is 99.2 Å². The number of halogens is 9. The molecule has 3 aromatic heterocycles. The number of aromatic hydroxyl groups is 1. The van der Waals surface area contributed by atoms with Gasteiger partial charge in [-0.2, -0.15) is 47.9 Å². The van der Waals surface area contributed by atoms with E-state index in [1.165, 1.54) is 69.3 Å². The van der Waals surface area contributed by atoms with E-state index in [1.54, 1.807) is 63.2 Å². The Morgan fingerprint density at radius 2 is 0.783 bits per heavy atom. The molecule has 0 radical (unpaired) electrons. The molecule has 9 rings (SSSR count). The van der Waals surface area contributed by atoms with Gasteiger partial charge in [0, 0.05) is 16.7 Å². The lowest BCUT2D eigenvalue weighted by Gasteiger charge is -2.09. The van der Waals surface area contributed by atoms with Crippen LogP contribution in [0.25, 0.3) is 34.0 Å². The van der Waals surface area contributed by atoms with Crippen molar-refractivity contribution >= 4 is 46.7 Å². The smallest absolute Gasteiger partial charge is 0.416 e. The van der Waals surface area contributed by atoms with Crippen LogP contribution in [0.5, 0.6) is 17.2 Å². The second-order valence-electron chi connectivity index (χ2n) is 22.4. The highest BCUT2D eigenvalue weighted by Crippen LogP contribution is 2.36. The fourth-order valence-corrected chi connectivity index (χ4v) is 9.66. The maximum atomic E-state index is 12.9. The highest BCUT2D eigenvalue weighted by atomic mass is 32.2. The predicted molar refractivity (Wildman–Crippen MR) is 365 cm³/mol. The highest BCUT2D eigenvalue weighted by molar-refractivity contribution is 7.85. The Morgan fingerprint density at radius 1 is 0.472 bits per heavy atom. The summed E-state index contributed by atoms with van der Waals surface area (Å²) in [6.07, 6.45) is -8.37. The molecule has 24 nitrogen and oxygen atoms in total. The van der Waals surface area contributed by atoms with Gasteiger partial charge in [-0.25, -0.2) is 0 Å². The summed E-state index contributed by atoms with van der Waals surface area (Å²) in [7, 11) is -1.06. The molecule has 2 N–H and O–H groups in total. The molecule has 0 aliphatic carbocycles. The molecule has 0 atom stereocenters. The molecule has 106 heavy (non-hydrogen) atoms. The molecular formula is C72H71F9N6O18S. The standard InChI is InChI=1S/C24H23F3N2O5.C23H21F3N2O5.C15H15F3N2O5S.C10H12O3/c1-4-33-28-13-20-21(14-32-19-10-15(2)9-16(11-19)12-22(30)31-3)29-34-23(20)17-5-7-18(8-6-17)24(25,26)27;1-3-32-27-12-19-20(13-31-18-9-14(2)8-15(10-18)11-21(29)30)28-33-22(19)16-4-6-17(7-5-16)23(24,25)26;1-3-23-19-8-12-13(9-24-26(2,21)22)20-25-14(12)10-4-6-11(7-5-10)15(16,17)18;1-7-3-8(5-9(11)4-7)6-10(12)13-2/h5-11,13H,4,12,14H2,1-3H3;4-10,12H,3,11,13H2,1-2H3,(H,29,30);4-8H,3,9H2,1-2H3;3-5,11H,6H2,1-2H3/b28-13+;27-12+;19-8+;. The number of nitrogens with zero attached hydrogens (tertiary/aromatic N) is 6. The number of hydrogen-bond donors (Lipinski definition) is 2. The molecule has 566 valence electrons. The summed E-state index contributed by atoms with van der Waals surface area (Å²) in [5, 5.41) is 41.3. The van der Waals surface area contributed by atoms with Crippen molar-refractivity contribution in [1.29, 1.82) is 0 Å². The summed E-state index contributed by atoms with van der Waals surface area (Å²) in [4.78, 5) is 48.4. The molecule has 0 amide bonds. The number of aliphatic carboxylic acids is 1. The van der Waals surface area contributed by atoms with Crippen LogP contribution in [0.15, 0.2) is 156 Å². The molecule has 3 heterocycles. The first-order valence-corrected chi connectivity index (χ1v) is 33.3. The fourth-order valence-electron chi connectivity index (χ4n) is 9.33. The number of ether oxygens (including phenoxy) is 4. The summed E-state index contributed by atoms with van der Waals surface area (Å²) < 4.78 is 179. The number of benzene rings is 6. The third kappa shape index (κ3) is 26.6. The van der Waals surface area contributed by atoms with Crippen LogP contribution >= 0.6 is 0 Å². The van der Waals surface area contributed by atoms with Crippen molar-refractivity contribution in [1.82, 2.24) is 15.5 Å². The van der Waals surface area contributed by atoms with E-state index in [0.29, 0.717) is 69.5 Å². The Bertz CT molecular complexity index is 4570. The monoisotopic (exact) mass is 1510 g/mol. The van der Waals surface area contributed by atoms with Crippen LogP contribution in [0.1, 0.15) is 105 Å². The molecular weight excluding hydrogens is 1440 g/mol. The maximum Gasteiger partial charge on any atom is 0.416 e. The Labute approximate surface area is 601 Å². The molecule has 0 fully saturated rings. The molecule has 0 unspecified atom stereocenters. The number of oxime groups is 3. The van der Waals surface area contributed by atoms with Crippen LogP contribution in [0.2, 0.25) is 0 Å². The van der Waals surface area contributed by atoms with Gasteiger partial charge < -0.3 is 57.2 Å². The predicted octanol–water partition coefficient (Wildman–Crippen LogP) is 15.2. The lowest BCUT2D eigenvalue weighted by Crippen LogP contribution is -2.05. The van der Waals surface area contributed by atoms with E-state index in [2.05, 4.69) is 39.9 Å². The van der Waals surface area contributed by atoms with Gasteiger partial charge in [0.05, 0.1) is 91.8 Å². The lowest BCUT2D eigenvalue weighted by atomic mass is 10.1. The molecule has 0 spiro atoms. The molecule has 34 heteroatoms. The van der Waals surface area contributed by atoms with Crippen LogP contribution in [-0.4, -0.2) is 111 Å². The average Bonchev–Trinajstić information content (AvgIpc) is 1.65. The van der Waals surface area contributed by atoms with Crippen molar-refractivity contribution in [3.63, 3.8) is 0 Å². The van der Waals surface area contributed by atoms with Gasteiger partial charge in [-0.1, -0.05) is 85.5 Å². The zero-order valence-electron chi connectivity index (χ0n) is 58.1. The summed E-state index contributed by atoms with van der Waals surface area (Å²) in [5.41, 5.74) is 5.28. The molecule has 6 aromatic carbocycles. The first-order valence-electron chi connectivity index (χ1n) is 31.5. The first-order chi connectivity index (χ1) is 50.1. The number of carboxylic acid groups (broad SMARTS) is 1. The minimum Gasteiger partial charge on any atom is -0.508 e. The van der Waals surface area contributed by atoms with Crippen molar-refractivity contribution in [2.75, 3.05) is 40.3 Å². The highest BCUT2D eigenvalue weighted by Gasteiger charge is 2.33. The van der Waals surface area contributed by atoms with Crippen molar-refractivity contribution in [2.24, 2.45) is 15.5 Å². The van der Waals surface area contributed by atoms with E-state index in [4.69, 9.17) is 47.4 Å². The Hall–Kier alpha value is -11.6. The third-order valence-corrected chi connectivity index (χ3v) is 14.5. The van der Waals surface area contributed by atoms with Gasteiger partial charge in [-0.05, 0) is 148 Å². The average molecular weight is 1510 g/mol. The molecule has 0 saturated carbocycles. The summed E-state index contributed by atoms with van der Waals surface area (Å²) in [5.74, 6) is 0.0391. The summed E-state index contributed by atoms with van der Waals surface area (Å²) >= 11 is 0. The zero-order chi connectivity index (χ0) is 77.9. The number of aromatic nitrogens is 3. The van der Waals surface area contributed by atoms with Gasteiger partial charge in [0.2, 0.25) is 0 Å². The van der Waals surface area contributed by atoms with Crippen molar-refractivity contribution in [3.8, 4) is 51.2 Å². The number of alkyl halides is 9. The molecule has 0 aliphatic heterocycles. The Morgan fingerprint density at radius 3 is 1.08 bits per heavy atom. The van der Waals surface area contributed by atoms with E-state index in [-0.39, 0.29) is 85.3 Å². The van der Waals surface area contributed by atoms with E-state index in [9.17, 15) is 67.4 Å². The number of aryl methyl sites for hydroxylation is 3. The van der Waals surface area contributed by atoms with Crippen LogP contribution in [0.4, 0.5) is 39.5 Å². The number of carbonyl (C=O) groups is 3. The third-order valence-electron chi connectivity index (χ3n) is 14.0. The number of phenols is 1. The Kier molecular flexibility index (Phi) is 30.5. The normalized spacial score (nSPS) is 11.6. The number of carbonyl (C=O) groups excluding carboxylic acids is 2. The van der Waals surface area contributed by atoms with Crippen LogP contribution in [0, 0.1) is 20.8 Å². The number of hydrogen-bond acceptors (Lipinski definition) is 23. The van der Waals surface area contributed by atoms with Crippen LogP contribution in [-0.2, 0) is 110 Å². The van der Waals surface area contributed by atoms with Crippen molar-refractivity contribution in [3.05, 3.63) is 211 Å². The maximum absolute atomic E-state index is 12.9. The minimum atomic E-state index is -4.46. The number of esters is 2. The molecule has 0 bridgehead atoms. The van der Waals surface area contributed by atoms with Crippen LogP contribution in [0.3, 0.4) is 0 Å². The van der Waals surface area contributed by atoms with Gasteiger partial charge in [0.25, 0.3) is 10.1 Å². The number of rotatable bonds is 27. The number of phenolic OH excluding ortho intramolecular Hbond substituents is 1. The van der Waals surface area contributed by atoms with Gasteiger partial charge in [-0.15, -0.1) is 0 Å². The molecule has 0 saturated heterocycles. The fraction of sp³-hybridized carbons (Fsp3) is 0.292. The largest absolute Gasteiger partial charge is 0.508 e. The van der Waals surface area contributed by atoms with Gasteiger partial charge in [0.1, 0.15) is 74.0 Å². The van der Waals surface area contributed by atoms with Gasteiger partial charge in [0.15, 0.2) is 17.3 Å². The van der Waals surface area contributed by atoms with E-state index in [0.717, 1.165) is 70.5 Å². The van der Waals surface area contributed by atoms with E-state index in [1.807, 2.05) is 32.9 Å². The number of carboxylic acids is 1. The lowest BCUT2D eigenvalue weighted by molar-refractivity contribution is -0.140. The summed E-state index contributed by atoms with van der Waals surface area (Å²) in [6, 6.07) is 28.7. The SMILES string of the molecule is CCO/N=C/c1c(COS(C)(=O)=O)noc1-c1ccc(C(F)(F)F)cc1.CCO/N=C/c1c(COc2cc(C)cc(CC(=O)O)c2)noc1-c1ccc(C(F)(F)F)cc1.CCO/N=C/c1c(COc2cc(C)cc(CC(=O)OC)c2)noc1-c1ccc(C(F)(F)F)cc1.COC(=O)Cc1cc(C)cc(O)c1. The second kappa shape index (κ2) is 38.8.